The molecule has 0 spiro atoms. The summed E-state index contributed by atoms with van der Waals surface area (Å²) in [7, 11) is -3.50. The Morgan fingerprint density at radius 1 is 1.47 bits per heavy atom. The molecule has 0 bridgehead atoms. The standard InChI is InChI=1S/C11H12N2O3S/c12-5-6-17(14,15)13-8-10-7-9-3-1-2-4-11(9)16-10/h1-4,10,13H,6-8H2. The van der Waals surface area contributed by atoms with Gasteiger partial charge >= 0.3 is 0 Å². The first kappa shape index (κ1) is 11.9. The van der Waals surface area contributed by atoms with Gasteiger partial charge in [-0.3, -0.25) is 0 Å². The molecule has 1 heterocycles. The largest absolute Gasteiger partial charge is 0.488 e. The van der Waals surface area contributed by atoms with Crippen LogP contribution in [-0.4, -0.2) is 26.8 Å². The monoisotopic (exact) mass is 252 g/mol. The average Bonchev–Trinajstić information content (AvgIpc) is 2.69. The molecule has 6 heteroatoms. The fourth-order valence-corrected chi connectivity index (χ4v) is 2.44. The molecule has 0 aromatic heterocycles. The van der Waals surface area contributed by atoms with Crippen molar-refractivity contribution in [3.05, 3.63) is 29.8 Å². The van der Waals surface area contributed by atoms with Gasteiger partial charge in [0.1, 0.15) is 11.9 Å². The molecule has 90 valence electrons. The van der Waals surface area contributed by atoms with Gasteiger partial charge in [-0.05, 0) is 11.6 Å². The summed E-state index contributed by atoms with van der Waals surface area (Å²) in [4.78, 5) is 0. The van der Waals surface area contributed by atoms with Crippen LogP contribution in [0.15, 0.2) is 24.3 Å². The van der Waals surface area contributed by atoms with E-state index in [0.717, 1.165) is 11.3 Å². The Morgan fingerprint density at radius 3 is 2.94 bits per heavy atom. The Hall–Kier alpha value is -1.58. The lowest BCUT2D eigenvalue weighted by atomic mass is 10.1. The second-order valence-corrected chi connectivity index (χ2v) is 5.62. The second-order valence-electron chi connectivity index (χ2n) is 3.82. The molecule has 1 aromatic carbocycles. The molecule has 1 aliphatic heterocycles. The molecular formula is C11H12N2O3S. The van der Waals surface area contributed by atoms with Gasteiger partial charge < -0.3 is 4.74 Å². The third kappa shape index (κ3) is 2.96. The molecule has 0 saturated heterocycles. The van der Waals surface area contributed by atoms with E-state index in [1.54, 1.807) is 6.07 Å². The fraction of sp³-hybridized carbons (Fsp3) is 0.364. The van der Waals surface area contributed by atoms with Crippen molar-refractivity contribution in [2.24, 2.45) is 0 Å². The number of ether oxygens (including phenoxy) is 1. The Balaban J connectivity index is 1.91. The van der Waals surface area contributed by atoms with Crippen molar-refractivity contribution in [3.8, 4) is 11.8 Å². The zero-order chi connectivity index (χ0) is 12.3. The van der Waals surface area contributed by atoms with Crippen LogP contribution in [0.2, 0.25) is 0 Å². The minimum Gasteiger partial charge on any atom is -0.488 e. The number of rotatable bonds is 4. The molecule has 1 unspecified atom stereocenters. The Morgan fingerprint density at radius 2 is 2.24 bits per heavy atom. The van der Waals surface area contributed by atoms with Gasteiger partial charge in [-0.2, -0.15) is 5.26 Å². The highest BCUT2D eigenvalue weighted by molar-refractivity contribution is 7.89. The van der Waals surface area contributed by atoms with Crippen molar-refractivity contribution < 1.29 is 13.2 Å². The summed E-state index contributed by atoms with van der Waals surface area (Å²) in [6, 6.07) is 9.22. The van der Waals surface area contributed by atoms with Gasteiger partial charge in [0.25, 0.3) is 0 Å². The molecule has 0 amide bonds. The van der Waals surface area contributed by atoms with Crippen molar-refractivity contribution in [3.63, 3.8) is 0 Å². The first-order valence-corrected chi connectivity index (χ1v) is 6.85. The van der Waals surface area contributed by atoms with E-state index in [4.69, 9.17) is 10.00 Å². The Bertz CT molecular complexity index is 523. The molecule has 2 rings (SSSR count). The van der Waals surface area contributed by atoms with Crippen molar-refractivity contribution >= 4 is 10.0 Å². The minimum absolute atomic E-state index is 0.193. The smallest absolute Gasteiger partial charge is 0.225 e. The van der Waals surface area contributed by atoms with Crippen LogP contribution >= 0.6 is 0 Å². The van der Waals surface area contributed by atoms with E-state index in [1.807, 2.05) is 24.3 Å². The summed E-state index contributed by atoms with van der Waals surface area (Å²) in [5.41, 5.74) is 1.08. The van der Waals surface area contributed by atoms with Crippen LogP contribution in [0.1, 0.15) is 5.56 Å². The highest BCUT2D eigenvalue weighted by Crippen LogP contribution is 2.27. The first-order chi connectivity index (χ1) is 8.11. The number of nitrogens with one attached hydrogen (secondary N) is 1. The Kier molecular flexibility index (Phi) is 3.31. The lowest BCUT2D eigenvalue weighted by Gasteiger charge is -2.10. The topological polar surface area (TPSA) is 79.2 Å². The average molecular weight is 252 g/mol. The van der Waals surface area contributed by atoms with Gasteiger partial charge in [0, 0.05) is 13.0 Å². The molecule has 1 atom stereocenters. The Labute approximate surface area is 100 Å². The van der Waals surface area contributed by atoms with Crippen molar-refractivity contribution in [2.75, 3.05) is 12.3 Å². The summed E-state index contributed by atoms with van der Waals surface area (Å²) in [6.45, 7) is 0.193. The lowest BCUT2D eigenvalue weighted by molar-refractivity contribution is 0.236. The predicted molar refractivity (Wildman–Crippen MR) is 62.0 cm³/mol. The summed E-state index contributed by atoms with van der Waals surface area (Å²) in [5.74, 6) is 0.282. The number of nitrogens with zero attached hydrogens (tertiary/aromatic N) is 1. The molecule has 1 aliphatic rings. The molecule has 0 saturated carbocycles. The maximum absolute atomic E-state index is 11.3. The van der Waals surface area contributed by atoms with E-state index in [9.17, 15) is 8.42 Å². The second kappa shape index (κ2) is 4.73. The van der Waals surface area contributed by atoms with Gasteiger partial charge in [0.05, 0.1) is 6.07 Å². The molecule has 0 fully saturated rings. The van der Waals surface area contributed by atoms with Crippen LogP contribution in [0.25, 0.3) is 0 Å². The molecule has 1 aromatic rings. The number of hydrogen-bond acceptors (Lipinski definition) is 4. The van der Waals surface area contributed by atoms with E-state index >= 15 is 0 Å². The van der Waals surface area contributed by atoms with Gasteiger partial charge in [0.15, 0.2) is 5.75 Å². The number of hydrogen-bond donors (Lipinski definition) is 1. The highest BCUT2D eigenvalue weighted by Gasteiger charge is 2.23. The number of nitriles is 1. The summed E-state index contributed by atoms with van der Waals surface area (Å²) >= 11 is 0. The van der Waals surface area contributed by atoms with E-state index < -0.39 is 15.8 Å². The minimum atomic E-state index is -3.50. The third-order valence-electron chi connectivity index (χ3n) is 2.50. The maximum Gasteiger partial charge on any atom is 0.225 e. The lowest BCUT2D eigenvalue weighted by Crippen LogP contribution is -2.35. The van der Waals surface area contributed by atoms with Gasteiger partial charge in [-0.15, -0.1) is 0 Å². The maximum atomic E-state index is 11.3. The summed E-state index contributed by atoms with van der Waals surface area (Å²) < 4.78 is 30.5. The zero-order valence-electron chi connectivity index (χ0n) is 9.09. The van der Waals surface area contributed by atoms with Gasteiger partial charge in [0.2, 0.25) is 10.0 Å². The van der Waals surface area contributed by atoms with E-state index in [1.165, 1.54) is 0 Å². The highest BCUT2D eigenvalue weighted by atomic mass is 32.2. The van der Waals surface area contributed by atoms with Gasteiger partial charge in [-0.25, -0.2) is 13.1 Å². The van der Waals surface area contributed by atoms with E-state index in [0.29, 0.717) is 6.42 Å². The SMILES string of the molecule is N#CCS(=O)(=O)NCC1Cc2ccccc2O1. The molecular weight excluding hydrogens is 240 g/mol. The molecule has 0 aliphatic carbocycles. The fourth-order valence-electron chi connectivity index (χ4n) is 1.72. The quantitative estimate of drug-likeness (QED) is 0.843. The number of para-hydroxylation sites is 1. The summed E-state index contributed by atoms with van der Waals surface area (Å²) in [6.07, 6.45) is 0.492. The van der Waals surface area contributed by atoms with Crippen LogP contribution < -0.4 is 9.46 Å². The molecule has 1 N–H and O–H groups in total. The van der Waals surface area contributed by atoms with Crippen LogP contribution in [0.5, 0.6) is 5.75 Å². The number of sulfonamides is 1. The van der Waals surface area contributed by atoms with Crippen LogP contribution in [-0.2, 0) is 16.4 Å². The van der Waals surface area contributed by atoms with Crippen LogP contribution in [0.4, 0.5) is 0 Å². The van der Waals surface area contributed by atoms with Gasteiger partial charge in [-0.1, -0.05) is 18.2 Å². The normalized spacial score (nSPS) is 18.2. The molecule has 5 nitrogen and oxygen atoms in total. The van der Waals surface area contributed by atoms with Crippen molar-refractivity contribution in [1.82, 2.24) is 4.72 Å². The van der Waals surface area contributed by atoms with Crippen molar-refractivity contribution in [1.29, 1.82) is 5.26 Å². The molecule has 0 radical (unpaired) electrons. The predicted octanol–water partition coefficient (Wildman–Crippen LogP) is 0.433. The third-order valence-corrected chi connectivity index (χ3v) is 3.61. The van der Waals surface area contributed by atoms with Crippen LogP contribution in [0, 0.1) is 11.3 Å². The van der Waals surface area contributed by atoms with E-state index in [-0.39, 0.29) is 12.6 Å². The zero-order valence-corrected chi connectivity index (χ0v) is 9.90. The number of benzene rings is 1. The number of fused-ring (bicyclic) bond motifs is 1. The summed E-state index contributed by atoms with van der Waals surface area (Å²) in [5, 5.41) is 8.34. The first-order valence-electron chi connectivity index (χ1n) is 5.19. The van der Waals surface area contributed by atoms with Crippen LogP contribution in [0.3, 0.4) is 0 Å². The molecule has 17 heavy (non-hydrogen) atoms. The van der Waals surface area contributed by atoms with E-state index in [2.05, 4.69) is 4.72 Å². The van der Waals surface area contributed by atoms with Crippen molar-refractivity contribution in [2.45, 2.75) is 12.5 Å².